The number of hydrogen-bond acceptors (Lipinski definition) is 4. The zero-order valence-corrected chi connectivity index (χ0v) is 11.5. The molecule has 0 aromatic heterocycles. The van der Waals surface area contributed by atoms with E-state index >= 15 is 0 Å². The van der Waals surface area contributed by atoms with Crippen LogP contribution in [-0.2, 0) is 9.59 Å². The molecule has 3 rings (SSSR count). The summed E-state index contributed by atoms with van der Waals surface area (Å²) in [6.45, 7) is 4.93. The van der Waals surface area contributed by atoms with Crippen molar-refractivity contribution < 1.29 is 57.6 Å². The van der Waals surface area contributed by atoms with Gasteiger partial charge in [0.2, 0.25) is 8.59 Å². The van der Waals surface area contributed by atoms with Crippen LogP contribution in [0.15, 0.2) is 0 Å². The molecule has 3 fully saturated rings. The van der Waals surface area contributed by atoms with Crippen LogP contribution < -0.4 is 17.5 Å². The lowest BCUT2D eigenvalue weighted by atomic mass is 10.1. The Morgan fingerprint density at radius 1 is 1.05 bits per heavy atom. The normalized spacial score (nSPS) is 33.3. The topological polar surface area (TPSA) is 172 Å². The van der Waals surface area contributed by atoms with E-state index in [1.165, 1.54) is 0 Å². The summed E-state index contributed by atoms with van der Waals surface area (Å²) in [5.74, 6) is -1.51. The zero-order valence-electron chi connectivity index (χ0n) is 17.8. The summed E-state index contributed by atoms with van der Waals surface area (Å²) in [6, 6.07) is 0. The standard InChI is InChI=1S/C10H16N2O4.ClH.3H2O/c13-9(14)7-11-1-2-12(5-3-11,6-4-11)8-10(15)16;;;;/h1-8H2;1H;3*1H2/i/hD7. The van der Waals surface area contributed by atoms with Gasteiger partial charge in [0.1, 0.15) is 45.8 Å². The molecule has 0 aromatic rings. The van der Waals surface area contributed by atoms with E-state index in [1.807, 2.05) is 0 Å². The van der Waals surface area contributed by atoms with Crippen LogP contribution in [0, 0.1) is 0 Å². The Balaban J connectivity index is -0.000000492. The molecule has 3 saturated heterocycles. The van der Waals surface area contributed by atoms with E-state index in [9.17, 15) is 14.7 Å². The number of carboxylic acid groups (broad SMARTS) is 2. The lowest BCUT2D eigenvalue weighted by molar-refractivity contribution is -1.07. The Morgan fingerprint density at radius 2 is 1.40 bits per heavy atom. The number of nitrogens with zero attached hydrogens (tertiary/aromatic N) is 2. The lowest BCUT2D eigenvalue weighted by Gasteiger charge is -2.55. The van der Waals surface area contributed by atoms with Crippen molar-refractivity contribution in [3.8, 4) is 0 Å². The maximum atomic E-state index is 11.2. The van der Waals surface area contributed by atoms with Crippen molar-refractivity contribution in [1.29, 1.82) is 10.0 Å². The maximum Gasteiger partial charge on any atom is 0.359 e. The molecule has 0 aromatic carbocycles. The highest BCUT2D eigenvalue weighted by molar-refractivity contribution is 5.68. The Morgan fingerprint density at radius 3 is 1.70 bits per heavy atom. The van der Waals surface area contributed by atoms with Crippen molar-refractivity contribution in [1.82, 2.24) is 0 Å². The number of halogens is 1. The summed E-state index contributed by atoms with van der Waals surface area (Å²) in [7, 11) is 0. The van der Waals surface area contributed by atoms with E-state index in [0.717, 1.165) is 39.3 Å². The zero-order chi connectivity index (χ0) is 20.6. The van der Waals surface area contributed by atoms with Gasteiger partial charge in [0.15, 0.2) is 6.54 Å². The molecule has 3 aliphatic heterocycles. The molecule has 0 radical (unpaired) electrons. The average Bonchev–Trinajstić information content (AvgIpc) is 2.58. The first-order chi connectivity index (χ1) is 12.2. The number of piperazine rings is 3. The molecule has 0 saturated carbocycles. The predicted molar refractivity (Wildman–Crippen MR) is 62.9 cm³/mol. The van der Waals surface area contributed by atoms with Gasteiger partial charge in [0.05, 0.1) is 5.97 Å². The van der Waals surface area contributed by atoms with Gasteiger partial charge >= 0.3 is 5.97 Å². The number of carbonyl (C=O) groups is 2. The highest BCUT2D eigenvalue weighted by Gasteiger charge is 2.49. The molecule has 0 spiro atoms. The summed E-state index contributed by atoms with van der Waals surface area (Å²) in [5, 5.41) is 14.7. The van der Waals surface area contributed by atoms with Gasteiger partial charge in [-0.3, -0.25) is 0 Å². The molecule has 122 valence electrons. The number of quaternary nitrogens is 2. The molecule has 9 nitrogen and oxygen atoms in total. The fourth-order valence-corrected chi connectivity index (χ4v) is 2.97. The second-order valence-electron chi connectivity index (χ2n) is 5.09. The Kier molecular flexibility index (Phi) is 4.87. The van der Waals surface area contributed by atoms with E-state index < -0.39 is 11.9 Å². The van der Waals surface area contributed by atoms with Crippen LogP contribution >= 0.6 is 0 Å². The summed E-state index contributed by atoms with van der Waals surface area (Å²) < 4.78 is 40.1. The molecule has 0 unspecified atom stereocenters. The first-order valence-electron chi connectivity index (χ1n) is 8.41. The van der Waals surface area contributed by atoms with E-state index in [2.05, 4.69) is 21.6 Å². The molecule has 2 bridgehead atoms. The smallest absolute Gasteiger partial charge is 0.359 e. The average molecular weight is 326 g/mol. The van der Waals surface area contributed by atoms with Crippen LogP contribution in [0.25, 0.3) is 1.43 Å². The highest BCUT2D eigenvalue weighted by Crippen LogP contribution is 2.25. The van der Waals surface area contributed by atoms with Crippen molar-refractivity contribution in [2.75, 3.05) is 52.4 Å². The van der Waals surface area contributed by atoms with E-state index in [-0.39, 0.29) is 25.5 Å². The Hall–Kier alpha value is -0.970. The van der Waals surface area contributed by atoms with Crippen LogP contribution in [0.5, 0.6) is 0 Å². The van der Waals surface area contributed by atoms with Crippen LogP contribution in [0.4, 0.5) is 0 Å². The molecular weight excluding hydrogens is 296 g/mol. The van der Waals surface area contributed by atoms with Crippen molar-refractivity contribution in [3.05, 3.63) is 0 Å². The van der Waals surface area contributed by atoms with Crippen LogP contribution in [0.2, 0.25) is 0 Å². The second kappa shape index (κ2) is 8.35. The van der Waals surface area contributed by atoms with Gasteiger partial charge in [0, 0.05) is 0 Å². The number of aliphatic carboxylic acids is 2. The molecule has 0 atom stereocenters. The number of fused-ring (bicyclic) bond motifs is 3. The third-order valence-corrected chi connectivity index (χ3v) is 4.08. The van der Waals surface area contributed by atoms with Crippen molar-refractivity contribution >= 4 is 11.9 Å². The van der Waals surface area contributed by atoms with Gasteiger partial charge in [-0.05, 0) is 0 Å². The number of carboxylic acids is 2. The summed E-state index contributed by atoms with van der Waals surface area (Å²) in [5.41, 5.74) is 8.25. The molecule has 10 heteroatoms. The molecule has 20 heavy (non-hydrogen) atoms. The van der Waals surface area contributed by atoms with Crippen LogP contribution in [0.3, 0.4) is 0 Å². The van der Waals surface area contributed by atoms with Gasteiger partial charge in [-0.25, -0.2) is 4.79 Å². The molecule has 3 heterocycles. The minimum atomic E-state index is -1.00. The predicted octanol–water partition coefficient (Wildman–Crippen LogP) is -7.99. The number of carbonyl (C=O) groups excluding carboxylic acids is 1. The van der Waals surface area contributed by atoms with E-state index in [4.69, 9.17) is 10.0 Å². The monoisotopic (exact) mass is 325 g/mol. The molecule has 7 N–H and O–H groups in total. The number of rotatable bonds is 4. The van der Waals surface area contributed by atoms with Gasteiger partial charge in [-0.1, -0.05) is 0 Å². The molecule has 0 amide bonds. The van der Waals surface area contributed by atoms with E-state index in [0.29, 0.717) is 8.97 Å². The lowest BCUT2D eigenvalue weighted by Crippen LogP contribution is -3.00. The minimum Gasteiger partial charge on any atom is -1.00 e. The number of hydrogen-bond donors (Lipinski definition) is 1. The summed E-state index contributed by atoms with van der Waals surface area (Å²) in [6.07, 6.45) is 0. The third kappa shape index (κ3) is 4.85. The van der Waals surface area contributed by atoms with Gasteiger partial charge < -0.3 is 52.8 Å². The molecule has 3 aliphatic rings. The summed E-state index contributed by atoms with van der Waals surface area (Å²) in [4.78, 5) is 21.9. The van der Waals surface area contributed by atoms with Crippen molar-refractivity contribution in [2.24, 2.45) is 0 Å². The van der Waals surface area contributed by atoms with Crippen molar-refractivity contribution in [3.63, 3.8) is 0 Å². The first kappa shape index (κ1) is 11.7. The van der Waals surface area contributed by atoms with Gasteiger partial charge in [-0.15, -0.1) is 0 Å². The van der Waals surface area contributed by atoms with Crippen LogP contribution in [0.1, 0.15) is 0 Å². The largest absolute Gasteiger partial charge is 1.00 e. The Bertz CT molecular complexity index is 385. The Labute approximate surface area is 133 Å². The SMILES string of the molecule is [2H]OC(=O)C[N+]12CC[N+](CC(=O)[O-])(CC1)CC2.[2H]O[2H].[2H]O[2H].[2H]O[2H].[Cl-]. The van der Waals surface area contributed by atoms with Gasteiger partial charge in [-0.2, -0.15) is 0 Å². The first-order valence-corrected chi connectivity index (χ1v) is 5.55. The van der Waals surface area contributed by atoms with E-state index in [1.54, 1.807) is 0 Å². The van der Waals surface area contributed by atoms with Crippen LogP contribution in [-0.4, -0.2) is 103 Å². The highest BCUT2D eigenvalue weighted by atomic mass is 35.5. The third-order valence-electron chi connectivity index (χ3n) is 4.08. The van der Waals surface area contributed by atoms with Gasteiger partial charge in [0.25, 0.3) is 1.43 Å². The van der Waals surface area contributed by atoms with Crippen molar-refractivity contribution in [2.45, 2.75) is 0 Å². The molecule has 0 aliphatic carbocycles. The summed E-state index contributed by atoms with van der Waals surface area (Å²) >= 11 is 0. The molecular formula is C10H23ClN2O7. The fraction of sp³-hybridized carbons (Fsp3) is 0.800. The maximum absolute atomic E-state index is 11.2. The quantitative estimate of drug-likeness (QED) is 0.506. The minimum absolute atomic E-state index is 0. The fourth-order valence-electron chi connectivity index (χ4n) is 2.97. The second-order valence-corrected chi connectivity index (χ2v) is 5.09.